The highest BCUT2D eigenvalue weighted by atomic mass is 79.9. The van der Waals surface area contributed by atoms with Crippen LogP contribution in [0, 0.1) is 0 Å². The molecule has 0 fully saturated rings. The molecular weight excluding hydrogens is 336 g/mol. The van der Waals surface area contributed by atoms with Gasteiger partial charge < -0.3 is 15.0 Å². The van der Waals surface area contributed by atoms with Crippen molar-refractivity contribution in [2.45, 2.75) is 12.6 Å². The Morgan fingerprint density at radius 2 is 2.19 bits per heavy atom. The Hall–Kier alpha value is -1.70. The zero-order valence-corrected chi connectivity index (χ0v) is 13.2. The average Bonchev–Trinajstić information content (AvgIpc) is 2.89. The Kier molecular flexibility index (Phi) is 5.49. The van der Waals surface area contributed by atoms with E-state index < -0.39 is 6.04 Å². The first-order chi connectivity index (χ1) is 10.1. The molecule has 0 aliphatic carbocycles. The van der Waals surface area contributed by atoms with Crippen molar-refractivity contribution < 1.29 is 9.53 Å². The van der Waals surface area contributed by atoms with Crippen molar-refractivity contribution in [1.29, 1.82) is 0 Å². The third-order valence-corrected chi connectivity index (χ3v) is 3.43. The van der Waals surface area contributed by atoms with E-state index in [0.29, 0.717) is 12.5 Å². The molecule has 0 aliphatic rings. The molecule has 0 bridgehead atoms. The van der Waals surface area contributed by atoms with E-state index >= 15 is 0 Å². The molecule has 1 atom stereocenters. The maximum Gasteiger partial charge on any atom is 0.245 e. The average molecular weight is 353 g/mol. The number of carbonyl (C=O) groups is 1. The summed E-state index contributed by atoms with van der Waals surface area (Å²) in [5.74, 6) is 0.148. The SMILES string of the molecule is COCC(N)C(=O)Nc1nccn1Cc1ccc(Br)cc1. The molecule has 2 aromatic rings. The van der Waals surface area contributed by atoms with E-state index in [4.69, 9.17) is 10.5 Å². The van der Waals surface area contributed by atoms with Crippen LogP contribution < -0.4 is 11.1 Å². The fourth-order valence-corrected chi connectivity index (χ4v) is 2.07. The summed E-state index contributed by atoms with van der Waals surface area (Å²) in [5, 5.41) is 2.71. The summed E-state index contributed by atoms with van der Waals surface area (Å²) in [7, 11) is 1.50. The first kappa shape index (κ1) is 15.7. The molecule has 112 valence electrons. The van der Waals surface area contributed by atoms with Crippen molar-refractivity contribution in [3.63, 3.8) is 0 Å². The molecule has 1 amide bonds. The zero-order valence-electron chi connectivity index (χ0n) is 11.6. The van der Waals surface area contributed by atoms with Crippen LogP contribution in [0.3, 0.4) is 0 Å². The lowest BCUT2D eigenvalue weighted by Gasteiger charge is -2.12. The van der Waals surface area contributed by atoms with Crippen LogP contribution in [0.2, 0.25) is 0 Å². The standard InChI is InChI=1S/C14H17BrN4O2/c1-21-9-12(16)13(20)18-14-17-6-7-19(14)8-10-2-4-11(15)5-3-10/h2-7,12H,8-9,16H2,1H3,(H,17,18,20). The fourth-order valence-electron chi connectivity index (χ4n) is 1.81. The number of nitrogens with zero attached hydrogens (tertiary/aromatic N) is 2. The van der Waals surface area contributed by atoms with Gasteiger partial charge in [0.05, 0.1) is 13.2 Å². The van der Waals surface area contributed by atoms with Crippen LogP contribution in [0.5, 0.6) is 0 Å². The largest absolute Gasteiger partial charge is 0.383 e. The summed E-state index contributed by atoms with van der Waals surface area (Å²) in [6.45, 7) is 0.779. The van der Waals surface area contributed by atoms with Crippen LogP contribution in [0.1, 0.15) is 5.56 Å². The van der Waals surface area contributed by atoms with Gasteiger partial charge in [-0.1, -0.05) is 28.1 Å². The van der Waals surface area contributed by atoms with Crippen molar-refractivity contribution in [3.8, 4) is 0 Å². The van der Waals surface area contributed by atoms with Crippen molar-refractivity contribution in [3.05, 3.63) is 46.7 Å². The van der Waals surface area contributed by atoms with Crippen molar-refractivity contribution in [2.24, 2.45) is 5.73 Å². The number of imidazole rings is 1. The lowest BCUT2D eigenvalue weighted by atomic mass is 10.2. The molecule has 21 heavy (non-hydrogen) atoms. The predicted molar refractivity (Wildman–Crippen MR) is 84.0 cm³/mol. The first-order valence-corrected chi connectivity index (χ1v) is 7.20. The molecule has 0 spiro atoms. The second kappa shape index (κ2) is 7.35. The number of ether oxygens (including phenoxy) is 1. The van der Waals surface area contributed by atoms with Crippen LogP contribution >= 0.6 is 15.9 Å². The van der Waals surface area contributed by atoms with Gasteiger partial charge in [0.1, 0.15) is 6.04 Å². The number of hydrogen-bond donors (Lipinski definition) is 2. The third kappa shape index (κ3) is 4.38. The third-order valence-electron chi connectivity index (χ3n) is 2.90. The van der Waals surface area contributed by atoms with E-state index in [2.05, 4.69) is 26.2 Å². The lowest BCUT2D eigenvalue weighted by molar-refractivity contribution is -0.118. The quantitative estimate of drug-likeness (QED) is 0.827. The summed E-state index contributed by atoms with van der Waals surface area (Å²) in [5.41, 5.74) is 6.79. The van der Waals surface area contributed by atoms with Gasteiger partial charge in [-0.3, -0.25) is 10.1 Å². The Bertz CT molecular complexity index is 597. The van der Waals surface area contributed by atoms with Gasteiger partial charge in [-0.05, 0) is 17.7 Å². The minimum absolute atomic E-state index is 0.166. The molecule has 3 N–H and O–H groups in total. The molecule has 6 nitrogen and oxygen atoms in total. The molecular formula is C14H17BrN4O2. The number of aromatic nitrogens is 2. The van der Waals surface area contributed by atoms with E-state index in [1.807, 2.05) is 28.8 Å². The van der Waals surface area contributed by atoms with Crippen molar-refractivity contribution in [2.75, 3.05) is 19.0 Å². The number of nitrogens with one attached hydrogen (secondary N) is 1. The Labute approximate surface area is 131 Å². The summed E-state index contributed by atoms with van der Waals surface area (Å²) in [6.07, 6.45) is 3.44. The number of anilines is 1. The number of amides is 1. The molecule has 0 saturated heterocycles. The number of hydrogen-bond acceptors (Lipinski definition) is 4. The highest BCUT2D eigenvalue weighted by molar-refractivity contribution is 9.10. The smallest absolute Gasteiger partial charge is 0.245 e. The van der Waals surface area contributed by atoms with Crippen LogP contribution in [0.15, 0.2) is 41.1 Å². The molecule has 0 radical (unpaired) electrons. The molecule has 1 aromatic carbocycles. The van der Waals surface area contributed by atoms with Crippen LogP contribution in [0.25, 0.3) is 0 Å². The topological polar surface area (TPSA) is 82.2 Å². The van der Waals surface area contributed by atoms with Gasteiger partial charge in [0.15, 0.2) is 0 Å². The molecule has 0 aliphatic heterocycles. The van der Waals surface area contributed by atoms with Crippen LogP contribution in [-0.4, -0.2) is 35.2 Å². The molecule has 7 heteroatoms. The maximum atomic E-state index is 11.9. The number of halogens is 1. The number of benzene rings is 1. The van der Waals surface area contributed by atoms with E-state index in [1.54, 1.807) is 12.4 Å². The molecule has 2 rings (SSSR count). The van der Waals surface area contributed by atoms with E-state index in [9.17, 15) is 4.79 Å². The Balaban J connectivity index is 2.04. The number of nitrogens with two attached hydrogens (primary N) is 1. The summed E-state index contributed by atoms with van der Waals surface area (Å²) in [6, 6.07) is 7.24. The molecule has 1 heterocycles. The number of rotatable bonds is 6. The Morgan fingerprint density at radius 1 is 1.48 bits per heavy atom. The van der Waals surface area contributed by atoms with Crippen molar-refractivity contribution in [1.82, 2.24) is 9.55 Å². The van der Waals surface area contributed by atoms with Gasteiger partial charge in [0, 0.05) is 24.0 Å². The second-order valence-electron chi connectivity index (χ2n) is 4.56. The number of methoxy groups -OCH3 is 1. The minimum Gasteiger partial charge on any atom is -0.383 e. The van der Waals surface area contributed by atoms with Gasteiger partial charge in [-0.2, -0.15) is 0 Å². The predicted octanol–water partition coefficient (Wildman–Crippen LogP) is 1.61. The molecule has 1 unspecified atom stereocenters. The fraction of sp³-hybridized carbons (Fsp3) is 0.286. The highest BCUT2D eigenvalue weighted by Crippen LogP contribution is 2.13. The van der Waals surface area contributed by atoms with E-state index in [-0.39, 0.29) is 12.5 Å². The van der Waals surface area contributed by atoms with Crippen LogP contribution in [-0.2, 0) is 16.1 Å². The van der Waals surface area contributed by atoms with Gasteiger partial charge in [0.2, 0.25) is 11.9 Å². The monoisotopic (exact) mass is 352 g/mol. The molecule has 1 aromatic heterocycles. The summed E-state index contributed by atoms with van der Waals surface area (Å²) >= 11 is 3.40. The highest BCUT2D eigenvalue weighted by Gasteiger charge is 2.15. The lowest BCUT2D eigenvalue weighted by Crippen LogP contribution is -2.39. The van der Waals surface area contributed by atoms with E-state index in [0.717, 1.165) is 10.0 Å². The van der Waals surface area contributed by atoms with E-state index in [1.165, 1.54) is 7.11 Å². The normalized spacial score (nSPS) is 12.1. The van der Waals surface area contributed by atoms with Crippen molar-refractivity contribution >= 4 is 27.8 Å². The van der Waals surface area contributed by atoms with Gasteiger partial charge in [-0.15, -0.1) is 0 Å². The maximum absolute atomic E-state index is 11.9. The first-order valence-electron chi connectivity index (χ1n) is 6.41. The van der Waals surface area contributed by atoms with Gasteiger partial charge >= 0.3 is 0 Å². The zero-order chi connectivity index (χ0) is 15.2. The summed E-state index contributed by atoms with van der Waals surface area (Å²) in [4.78, 5) is 16.0. The molecule has 0 saturated carbocycles. The van der Waals surface area contributed by atoms with Crippen LogP contribution in [0.4, 0.5) is 5.95 Å². The second-order valence-corrected chi connectivity index (χ2v) is 5.47. The number of carbonyl (C=O) groups excluding carboxylic acids is 1. The minimum atomic E-state index is -0.715. The Morgan fingerprint density at radius 3 is 2.86 bits per heavy atom. The summed E-state index contributed by atoms with van der Waals surface area (Å²) < 4.78 is 7.74. The van der Waals surface area contributed by atoms with Gasteiger partial charge in [-0.25, -0.2) is 4.98 Å². The van der Waals surface area contributed by atoms with Gasteiger partial charge in [0.25, 0.3) is 0 Å².